The molecule has 218 valence electrons. The second kappa shape index (κ2) is 11.7. The topological polar surface area (TPSA) is 68.5 Å². The van der Waals surface area contributed by atoms with Gasteiger partial charge in [0.05, 0.1) is 5.83 Å². The number of hydrogen-bond donors (Lipinski definition) is 0. The molecule has 0 saturated heterocycles. The summed E-state index contributed by atoms with van der Waals surface area (Å²) in [5.41, 5.74) is 2.22. The van der Waals surface area contributed by atoms with Crippen LogP contribution in [-0.4, -0.2) is 29.2 Å². The van der Waals surface area contributed by atoms with E-state index in [1.807, 2.05) is 38.1 Å². The SMILES string of the molecule is C=C(F)CCC(=O)N(CC12CCC(c3noc(C(C)C)n3)(CC1)CC2)c1cccc(-c2ccc(OC(F)F)cc2)c1. The summed E-state index contributed by atoms with van der Waals surface area (Å²) in [6, 6.07) is 14.0. The van der Waals surface area contributed by atoms with Crippen molar-refractivity contribution in [1.29, 1.82) is 0 Å². The summed E-state index contributed by atoms with van der Waals surface area (Å²) in [7, 11) is 0. The van der Waals surface area contributed by atoms with Crippen molar-refractivity contribution in [3.63, 3.8) is 0 Å². The van der Waals surface area contributed by atoms with Gasteiger partial charge in [-0.15, -0.1) is 0 Å². The molecule has 2 aromatic carbocycles. The monoisotopic (exact) mass is 567 g/mol. The Morgan fingerprint density at radius 3 is 2.29 bits per heavy atom. The molecule has 3 aromatic rings. The molecule has 0 N–H and O–H groups in total. The van der Waals surface area contributed by atoms with Crippen LogP contribution in [0.5, 0.6) is 5.75 Å². The van der Waals surface area contributed by atoms with Crippen LogP contribution >= 0.6 is 0 Å². The van der Waals surface area contributed by atoms with Gasteiger partial charge in [-0.25, -0.2) is 4.39 Å². The molecule has 1 aromatic heterocycles. The van der Waals surface area contributed by atoms with Crippen molar-refractivity contribution in [2.75, 3.05) is 11.4 Å². The van der Waals surface area contributed by atoms with E-state index in [1.54, 1.807) is 17.0 Å². The van der Waals surface area contributed by atoms with Crippen LogP contribution in [-0.2, 0) is 10.2 Å². The van der Waals surface area contributed by atoms with E-state index in [0.29, 0.717) is 12.4 Å². The van der Waals surface area contributed by atoms with Crippen molar-refractivity contribution < 1.29 is 27.2 Å². The summed E-state index contributed by atoms with van der Waals surface area (Å²) in [5, 5.41) is 4.35. The molecule has 6 rings (SSSR count). The standard InChI is InChI=1S/C32H36F3N3O3/c1-21(2)28-36-29(37-41-28)32-16-13-31(14-17-32,15-18-32)20-38(27(39)12-7-22(3)33)25-6-4-5-24(19-25)23-8-10-26(11-9-23)40-30(34)35/h4-6,8-11,19,21,30H,3,7,12-18,20H2,1-2H3. The van der Waals surface area contributed by atoms with Gasteiger partial charge in [0.2, 0.25) is 11.8 Å². The van der Waals surface area contributed by atoms with Gasteiger partial charge in [0, 0.05) is 36.4 Å². The van der Waals surface area contributed by atoms with E-state index in [9.17, 15) is 18.0 Å². The lowest BCUT2D eigenvalue weighted by atomic mass is 9.53. The van der Waals surface area contributed by atoms with Crippen molar-refractivity contribution >= 4 is 11.6 Å². The van der Waals surface area contributed by atoms with Gasteiger partial charge in [-0.2, -0.15) is 13.8 Å². The van der Waals surface area contributed by atoms with Gasteiger partial charge in [0.1, 0.15) is 5.75 Å². The van der Waals surface area contributed by atoms with Crippen LogP contribution in [0.4, 0.5) is 18.9 Å². The number of hydrogen-bond acceptors (Lipinski definition) is 5. The lowest BCUT2D eigenvalue weighted by molar-refractivity contribution is -0.119. The number of halogens is 3. The molecule has 3 aliphatic rings. The molecule has 6 nitrogen and oxygen atoms in total. The molecule has 1 amide bonds. The van der Waals surface area contributed by atoms with E-state index < -0.39 is 12.4 Å². The summed E-state index contributed by atoms with van der Waals surface area (Å²) in [6.45, 7) is 5.05. The molecule has 41 heavy (non-hydrogen) atoms. The van der Waals surface area contributed by atoms with Crippen molar-refractivity contribution in [3.05, 3.63) is 72.7 Å². The lowest BCUT2D eigenvalue weighted by Crippen LogP contribution is -2.51. The highest BCUT2D eigenvalue weighted by atomic mass is 19.3. The quantitative estimate of drug-likeness (QED) is 0.233. The largest absolute Gasteiger partial charge is 0.435 e. The number of nitrogens with zero attached hydrogens (tertiary/aromatic N) is 3. The molecule has 0 aliphatic heterocycles. The average molecular weight is 568 g/mol. The minimum absolute atomic E-state index is 0.0211. The molecule has 0 unspecified atom stereocenters. The Labute approximate surface area is 238 Å². The first-order valence-corrected chi connectivity index (χ1v) is 14.2. The first-order chi connectivity index (χ1) is 19.6. The smallest absolute Gasteiger partial charge is 0.387 e. The first kappa shape index (κ1) is 28.9. The summed E-state index contributed by atoms with van der Waals surface area (Å²) >= 11 is 0. The van der Waals surface area contributed by atoms with Gasteiger partial charge >= 0.3 is 6.61 Å². The summed E-state index contributed by atoms with van der Waals surface area (Å²) < 4.78 is 48.7. The van der Waals surface area contributed by atoms with E-state index in [1.165, 1.54) is 12.1 Å². The minimum atomic E-state index is -2.89. The fourth-order valence-corrected chi connectivity index (χ4v) is 6.24. The first-order valence-electron chi connectivity index (χ1n) is 14.2. The molecule has 3 fully saturated rings. The van der Waals surface area contributed by atoms with Crippen LogP contribution in [0.1, 0.15) is 82.8 Å². The second-order valence-electron chi connectivity index (χ2n) is 11.8. The Balaban J connectivity index is 1.37. The van der Waals surface area contributed by atoms with Crippen molar-refractivity contribution in [3.8, 4) is 16.9 Å². The van der Waals surface area contributed by atoms with Gasteiger partial charge in [0.25, 0.3) is 0 Å². The van der Waals surface area contributed by atoms with Crippen molar-refractivity contribution in [2.24, 2.45) is 5.41 Å². The predicted octanol–water partition coefficient (Wildman–Crippen LogP) is 8.35. The summed E-state index contributed by atoms with van der Waals surface area (Å²) in [4.78, 5) is 20.1. The molecule has 1 heterocycles. The number of amides is 1. The fraction of sp³-hybridized carbons (Fsp3) is 0.469. The normalized spacial score (nSPS) is 21.8. The molecule has 3 aliphatic carbocycles. The summed E-state index contributed by atoms with van der Waals surface area (Å²) in [5.74, 6) is 1.06. The Kier molecular flexibility index (Phi) is 8.25. The fourth-order valence-electron chi connectivity index (χ4n) is 6.24. The van der Waals surface area contributed by atoms with E-state index in [-0.39, 0.29) is 41.2 Å². The third-order valence-electron chi connectivity index (χ3n) is 8.79. The van der Waals surface area contributed by atoms with Crippen LogP contribution in [0.25, 0.3) is 11.1 Å². The van der Waals surface area contributed by atoms with Gasteiger partial charge < -0.3 is 14.2 Å². The van der Waals surface area contributed by atoms with Gasteiger partial charge in [0.15, 0.2) is 5.82 Å². The zero-order valence-corrected chi connectivity index (χ0v) is 23.5. The minimum Gasteiger partial charge on any atom is -0.435 e. The van der Waals surface area contributed by atoms with Crippen LogP contribution in [0.2, 0.25) is 0 Å². The number of aromatic nitrogens is 2. The zero-order valence-electron chi connectivity index (χ0n) is 23.5. The molecule has 0 atom stereocenters. The molecule has 0 radical (unpaired) electrons. The van der Waals surface area contributed by atoms with Crippen LogP contribution < -0.4 is 9.64 Å². The molecule has 9 heteroatoms. The molecule has 0 spiro atoms. The number of allylic oxidation sites excluding steroid dienone is 1. The number of anilines is 1. The maximum Gasteiger partial charge on any atom is 0.387 e. The van der Waals surface area contributed by atoms with Gasteiger partial charge in [-0.3, -0.25) is 4.79 Å². The van der Waals surface area contributed by atoms with E-state index in [4.69, 9.17) is 9.51 Å². The number of rotatable bonds is 11. The van der Waals surface area contributed by atoms with Crippen LogP contribution in [0.3, 0.4) is 0 Å². The third kappa shape index (κ3) is 6.34. The Morgan fingerprint density at radius 2 is 1.71 bits per heavy atom. The zero-order chi connectivity index (χ0) is 29.2. The molecular weight excluding hydrogens is 531 g/mol. The average Bonchev–Trinajstić information content (AvgIpc) is 3.48. The Hall–Kier alpha value is -3.62. The van der Waals surface area contributed by atoms with Crippen LogP contribution in [0.15, 0.2) is 65.5 Å². The highest BCUT2D eigenvalue weighted by Crippen LogP contribution is 2.57. The van der Waals surface area contributed by atoms with E-state index in [2.05, 4.69) is 16.5 Å². The maximum absolute atomic E-state index is 13.5. The number of benzene rings is 2. The van der Waals surface area contributed by atoms with E-state index in [0.717, 1.165) is 61.2 Å². The number of carbonyl (C=O) groups is 1. The van der Waals surface area contributed by atoms with Gasteiger partial charge in [-0.05, 0) is 79.3 Å². The molecule has 3 saturated carbocycles. The van der Waals surface area contributed by atoms with Crippen molar-refractivity contribution in [2.45, 2.75) is 83.2 Å². The number of alkyl halides is 2. The highest BCUT2D eigenvalue weighted by Gasteiger charge is 2.52. The Bertz CT molecular complexity index is 1360. The maximum atomic E-state index is 13.5. The highest BCUT2D eigenvalue weighted by molar-refractivity contribution is 5.94. The van der Waals surface area contributed by atoms with Gasteiger partial charge in [-0.1, -0.05) is 49.8 Å². The van der Waals surface area contributed by atoms with Crippen molar-refractivity contribution in [1.82, 2.24) is 10.1 Å². The molecular formula is C32H36F3N3O3. The second-order valence-corrected chi connectivity index (χ2v) is 11.8. The number of carbonyl (C=O) groups excluding carboxylic acids is 1. The van der Waals surface area contributed by atoms with Crippen LogP contribution in [0, 0.1) is 5.41 Å². The number of ether oxygens (including phenoxy) is 1. The predicted molar refractivity (Wildman–Crippen MR) is 151 cm³/mol. The lowest BCUT2D eigenvalue weighted by Gasteiger charge is -2.53. The van der Waals surface area contributed by atoms with E-state index >= 15 is 0 Å². The number of fused-ring (bicyclic) bond motifs is 3. The summed E-state index contributed by atoms with van der Waals surface area (Å²) in [6.07, 6.45) is 5.60. The third-order valence-corrected chi connectivity index (χ3v) is 8.79. The molecule has 2 bridgehead atoms. The Morgan fingerprint density at radius 1 is 1.02 bits per heavy atom.